The van der Waals surface area contributed by atoms with Crippen LogP contribution >= 0.6 is 11.6 Å². The monoisotopic (exact) mass is 311 g/mol. The van der Waals surface area contributed by atoms with Gasteiger partial charge in [-0.1, -0.05) is 11.6 Å². The molecular weight excluding hydrogens is 290 g/mol. The summed E-state index contributed by atoms with van der Waals surface area (Å²) in [6, 6.07) is 3.31. The number of ether oxygens (including phenoxy) is 1. The van der Waals surface area contributed by atoms with Gasteiger partial charge in [0.25, 0.3) is 5.91 Å². The van der Waals surface area contributed by atoms with Crippen molar-refractivity contribution in [2.45, 2.75) is 38.9 Å². The van der Waals surface area contributed by atoms with Crippen molar-refractivity contribution in [3.05, 3.63) is 22.8 Å². The first-order chi connectivity index (χ1) is 9.62. The summed E-state index contributed by atoms with van der Waals surface area (Å²) < 4.78 is 6.00. The highest BCUT2D eigenvalue weighted by molar-refractivity contribution is 6.29. The Labute approximate surface area is 130 Å². The van der Waals surface area contributed by atoms with Crippen LogP contribution in [0.5, 0.6) is 0 Å². The summed E-state index contributed by atoms with van der Waals surface area (Å²) >= 11 is 5.98. The maximum Gasteiger partial charge on any atom is 0.254 e. The van der Waals surface area contributed by atoms with Gasteiger partial charge in [-0.05, 0) is 39.8 Å². The lowest BCUT2D eigenvalue weighted by Gasteiger charge is -2.47. The van der Waals surface area contributed by atoms with Crippen LogP contribution in [0.25, 0.3) is 0 Å². The second kappa shape index (κ2) is 5.46. The van der Waals surface area contributed by atoms with E-state index in [-0.39, 0.29) is 17.1 Å². The fourth-order valence-corrected chi connectivity index (χ4v) is 3.07. The van der Waals surface area contributed by atoms with Crippen LogP contribution in [-0.2, 0) is 4.74 Å². The van der Waals surface area contributed by atoms with Gasteiger partial charge in [0.1, 0.15) is 11.0 Å². The van der Waals surface area contributed by atoms with Crippen LogP contribution in [-0.4, -0.2) is 47.1 Å². The predicted molar refractivity (Wildman–Crippen MR) is 83.9 cm³/mol. The number of carbonyl (C=O) groups is 1. The molecule has 21 heavy (non-hydrogen) atoms. The SMILES string of the molecule is CNc1cc(C(=O)N2CC(C)(C)OC(C)(C)C2)cc(Cl)n1. The van der Waals surface area contributed by atoms with Crippen LogP contribution in [0, 0.1) is 0 Å². The van der Waals surface area contributed by atoms with Crippen molar-refractivity contribution in [1.29, 1.82) is 0 Å². The normalized spacial score (nSPS) is 20.2. The van der Waals surface area contributed by atoms with Crippen molar-refractivity contribution in [2.75, 3.05) is 25.5 Å². The van der Waals surface area contributed by atoms with E-state index in [9.17, 15) is 4.79 Å². The molecule has 0 aliphatic carbocycles. The number of hydrogen-bond acceptors (Lipinski definition) is 4. The van der Waals surface area contributed by atoms with E-state index in [1.165, 1.54) is 0 Å². The van der Waals surface area contributed by atoms with Gasteiger partial charge >= 0.3 is 0 Å². The summed E-state index contributed by atoms with van der Waals surface area (Å²) in [4.78, 5) is 18.7. The lowest BCUT2D eigenvalue weighted by molar-refractivity contribution is -0.171. The molecule has 0 unspecified atom stereocenters. The topological polar surface area (TPSA) is 54.5 Å². The number of amides is 1. The number of nitrogens with one attached hydrogen (secondary N) is 1. The van der Waals surface area contributed by atoms with E-state index in [1.54, 1.807) is 19.2 Å². The molecule has 0 radical (unpaired) electrons. The molecule has 1 aromatic heterocycles. The lowest BCUT2D eigenvalue weighted by atomic mass is 9.98. The lowest BCUT2D eigenvalue weighted by Crippen LogP contribution is -2.58. The molecule has 0 saturated carbocycles. The van der Waals surface area contributed by atoms with Crippen molar-refractivity contribution >= 4 is 23.3 Å². The Bertz CT molecular complexity index is 542. The minimum absolute atomic E-state index is 0.0553. The third-order valence-electron chi connectivity index (χ3n) is 3.28. The molecule has 1 aliphatic rings. The molecule has 0 bridgehead atoms. The second-order valence-corrected chi connectivity index (χ2v) is 6.98. The van der Waals surface area contributed by atoms with E-state index >= 15 is 0 Å². The van der Waals surface area contributed by atoms with Gasteiger partial charge in [-0.3, -0.25) is 4.79 Å². The minimum Gasteiger partial charge on any atom is -0.373 e. The van der Waals surface area contributed by atoms with E-state index in [4.69, 9.17) is 16.3 Å². The third kappa shape index (κ3) is 3.86. The van der Waals surface area contributed by atoms with Crippen LogP contribution in [0.3, 0.4) is 0 Å². The fourth-order valence-electron chi connectivity index (χ4n) is 2.86. The zero-order valence-corrected chi connectivity index (χ0v) is 13.9. The van der Waals surface area contributed by atoms with Crippen molar-refractivity contribution in [3.8, 4) is 0 Å². The van der Waals surface area contributed by atoms with Gasteiger partial charge in [-0.25, -0.2) is 4.98 Å². The maximum absolute atomic E-state index is 12.8. The highest BCUT2D eigenvalue weighted by Crippen LogP contribution is 2.29. The van der Waals surface area contributed by atoms with Gasteiger partial charge in [-0.15, -0.1) is 0 Å². The standard InChI is InChI=1S/C15H22ClN3O2/c1-14(2)8-19(9-15(3,4)21-14)13(20)10-6-11(16)18-12(7-10)17-5/h6-7H,8-9H2,1-5H3,(H,17,18). The Morgan fingerprint density at radius 2 is 1.86 bits per heavy atom. The number of hydrogen-bond donors (Lipinski definition) is 1. The average molecular weight is 312 g/mol. The summed E-state index contributed by atoms with van der Waals surface area (Å²) in [6.07, 6.45) is 0. The van der Waals surface area contributed by atoms with Crippen LogP contribution in [0.4, 0.5) is 5.82 Å². The fraction of sp³-hybridized carbons (Fsp3) is 0.600. The summed E-state index contributed by atoms with van der Waals surface area (Å²) in [7, 11) is 1.74. The quantitative estimate of drug-likeness (QED) is 0.853. The van der Waals surface area contributed by atoms with Crippen molar-refractivity contribution in [2.24, 2.45) is 0 Å². The highest BCUT2D eigenvalue weighted by atomic mass is 35.5. The largest absolute Gasteiger partial charge is 0.373 e. The summed E-state index contributed by atoms with van der Waals surface area (Å²) in [5, 5.41) is 3.21. The van der Waals surface area contributed by atoms with Crippen LogP contribution in [0.15, 0.2) is 12.1 Å². The molecule has 1 N–H and O–H groups in total. The first-order valence-corrected chi connectivity index (χ1v) is 7.34. The predicted octanol–water partition coefficient (Wildman–Crippen LogP) is 2.81. The summed E-state index contributed by atoms with van der Waals surface area (Å²) in [5.74, 6) is 0.526. The first kappa shape index (κ1) is 16.0. The Morgan fingerprint density at radius 3 is 2.38 bits per heavy atom. The Kier molecular flexibility index (Phi) is 4.17. The molecule has 1 fully saturated rings. The molecule has 0 atom stereocenters. The third-order valence-corrected chi connectivity index (χ3v) is 3.47. The molecule has 1 aliphatic heterocycles. The Hall–Kier alpha value is -1.33. The van der Waals surface area contributed by atoms with Crippen molar-refractivity contribution in [1.82, 2.24) is 9.88 Å². The van der Waals surface area contributed by atoms with E-state index in [1.807, 2.05) is 32.6 Å². The number of carbonyl (C=O) groups excluding carboxylic acids is 1. The van der Waals surface area contributed by atoms with Crippen LogP contribution in [0.1, 0.15) is 38.1 Å². The van der Waals surface area contributed by atoms with Gasteiger partial charge in [0.2, 0.25) is 0 Å². The second-order valence-electron chi connectivity index (χ2n) is 6.60. The Morgan fingerprint density at radius 1 is 1.29 bits per heavy atom. The number of rotatable bonds is 2. The molecule has 0 aromatic carbocycles. The van der Waals surface area contributed by atoms with Gasteiger partial charge in [0, 0.05) is 25.7 Å². The highest BCUT2D eigenvalue weighted by Gasteiger charge is 2.40. The molecule has 2 heterocycles. The molecule has 5 nitrogen and oxygen atoms in total. The van der Waals surface area contributed by atoms with Crippen LogP contribution in [0.2, 0.25) is 5.15 Å². The Balaban J connectivity index is 2.29. The van der Waals surface area contributed by atoms with Gasteiger partial charge in [0.05, 0.1) is 11.2 Å². The van der Waals surface area contributed by atoms with E-state index < -0.39 is 0 Å². The smallest absolute Gasteiger partial charge is 0.254 e. The first-order valence-electron chi connectivity index (χ1n) is 6.97. The number of aromatic nitrogens is 1. The zero-order valence-electron chi connectivity index (χ0n) is 13.2. The maximum atomic E-state index is 12.8. The number of nitrogens with zero attached hydrogens (tertiary/aromatic N) is 2. The molecule has 6 heteroatoms. The van der Waals surface area contributed by atoms with E-state index in [0.717, 1.165) is 0 Å². The minimum atomic E-state index is -0.375. The molecule has 0 spiro atoms. The summed E-state index contributed by atoms with van der Waals surface area (Å²) in [5.41, 5.74) is -0.215. The molecule has 1 aromatic rings. The number of anilines is 1. The average Bonchev–Trinajstić information content (AvgIpc) is 2.33. The summed E-state index contributed by atoms with van der Waals surface area (Å²) in [6.45, 7) is 9.06. The zero-order chi connectivity index (χ0) is 15.8. The van der Waals surface area contributed by atoms with Crippen molar-refractivity contribution < 1.29 is 9.53 Å². The molecule has 116 valence electrons. The van der Waals surface area contributed by atoms with Gasteiger partial charge < -0.3 is 15.0 Å². The van der Waals surface area contributed by atoms with E-state index in [2.05, 4.69) is 10.3 Å². The van der Waals surface area contributed by atoms with Gasteiger partial charge in [0.15, 0.2) is 0 Å². The van der Waals surface area contributed by atoms with E-state index in [0.29, 0.717) is 29.6 Å². The molecule has 2 rings (SSSR count). The van der Waals surface area contributed by atoms with Crippen LogP contribution < -0.4 is 5.32 Å². The number of morpholine rings is 1. The molecule has 1 amide bonds. The number of halogens is 1. The van der Waals surface area contributed by atoms with Gasteiger partial charge in [-0.2, -0.15) is 0 Å². The molecule has 1 saturated heterocycles. The molecular formula is C15H22ClN3O2. The number of pyridine rings is 1. The van der Waals surface area contributed by atoms with Crippen molar-refractivity contribution in [3.63, 3.8) is 0 Å².